The zero-order valence-corrected chi connectivity index (χ0v) is 17.5. The Labute approximate surface area is 187 Å². The molecule has 2 rings (SSSR count). The molecule has 17 heteroatoms. The predicted octanol–water partition coefficient (Wildman–Crippen LogP) is 6.95. The van der Waals surface area contributed by atoms with E-state index in [0.29, 0.717) is 21.4 Å². The van der Waals surface area contributed by atoms with Gasteiger partial charge < -0.3 is 0 Å². The van der Waals surface area contributed by atoms with Crippen LogP contribution >= 0.6 is 27.3 Å². The quantitative estimate of drug-likeness (QED) is 0.342. The van der Waals surface area contributed by atoms with Crippen LogP contribution in [-0.4, -0.2) is 46.9 Å². The van der Waals surface area contributed by atoms with E-state index in [1.807, 2.05) is 0 Å². The molecular weight excluding hydrogens is 576 g/mol. The Hall–Kier alpha value is -2.04. The minimum Gasteiger partial charge on any atom is -0.296 e. The number of thiazole rings is 1. The van der Waals surface area contributed by atoms with Crippen molar-refractivity contribution in [2.45, 2.75) is 36.0 Å². The number of aromatic nitrogens is 1. The zero-order valence-electron chi connectivity index (χ0n) is 15.1. The Morgan fingerprint density at radius 2 is 1.39 bits per heavy atom. The van der Waals surface area contributed by atoms with Crippen LogP contribution in [0.3, 0.4) is 0 Å². The molecule has 0 unspecified atom stereocenters. The van der Waals surface area contributed by atoms with Crippen molar-refractivity contribution in [1.82, 2.24) is 4.98 Å². The molecule has 0 atom stereocenters. The highest BCUT2D eigenvalue weighted by Gasteiger charge is 2.89. The van der Waals surface area contributed by atoms with Crippen LogP contribution in [-0.2, 0) is 4.79 Å². The van der Waals surface area contributed by atoms with Crippen molar-refractivity contribution >= 4 is 38.3 Å². The summed E-state index contributed by atoms with van der Waals surface area (Å²) in [5, 5.41) is 1.23. The van der Waals surface area contributed by atoms with E-state index in [1.54, 1.807) is 0 Å². The highest BCUT2D eigenvalue weighted by atomic mass is 79.9. The summed E-state index contributed by atoms with van der Waals surface area (Å²) in [6.45, 7) is 0. The average Bonchev–Trinajstić information content (AvgIpc) is 3.16. The van der Waals surface area contributed by atoms with Crippen molar-refractivity contribution in [3.05, 3.63) is 34.1 Å². The molecule has 3 nitrogen and oxygen atoms in total. The van der Waals surface area contributed by atoms with Gasteiger partial charge in [0.05, 0.1) is 5.69 Å². The fraction of sp³-hybridized carbons (Fsp3) is 0.375. The fourth-order valence-corrected chi connectivity index (χ4v) is 3.12. The minimum absolute atomic E-state index is 0.00804. The van der Waals surface area contributed by atoms with Crippen molar-refractivity contribution in [3.63, 3.8) is 0 Å². The van der Waals surface area contributed by atoms with Crippen LogP contribution in [0, 0.1) is 0 Å². The van der Waals surface area contributed by atoms with Crippen molar-refractivity contribution in [2.75, 3.05) is 5.32 Å². The first-order chi connectivity index (χ1) is 14.8. The van der Waals surface area contributed by atoms with Crippen LogP contribution in [0.4, 0.5) is 57.8 Å². The molecule has 0 fully saturated rings. The second-order valence-electron chi connectivity index (χ2n) is 6.22. The summed E-state index contributed by atoms with van der Waals surface area (Å²) in [5.41, 5.74) is 0.318. The number of hydrogen-bond donors (Lipinski definition) is 1. The summed E-state index contributed by atoms with van der Waals surface area (Å²) in [4.78, 5) is 15.1. The van der Waals surface area contributed by atoms with E-state index in [9.17, 15) is 57.5 Å². The second kappa shape index (κ2) is 8.63. The van der Waals surface area contributed by atoms with Crippen LogP contribution in [0.2, 0.25) is 0 Å². The number of carbonyl (C=O) groups excluding carboxylic acids is 1. The third-order valence-corrected chi connectivity index (χ3v) is 5.31. The lowest BCUT2D eigenvalue weighted by atomic mass is 9.94. The summed E-state index contributed by atoms with van der Waals surface area (Å²) in [6, 6.07) is 5.91. The van der Waals surface area contributed by atoms with E-state index in [0.717, 1.165) is 10.7 Å². The van der Waals surface area contributed by atoms with Gasteiger partial charge in [0.1, 0.15) is 0 Å². The van der Waals surface area contributed by atoms with Crippen molar-refractivity contribution < 1.29 is 57.5 Å². The van der Waals surface area contributed by atoms with Gasteiger partial charge in [-0.3, -0.25) is 10.1 Å². The predicted molar refractivity (Wildman–Crippen MR) is 94.6 cm³/mol. The number of benzene rings is 1. The molecule has 0 spiro atoms. The van der Waals surface area contributed by atoms with Gasteiger partial charge in [0.25, 0.3) is 0 Å². The van der Waals surface area contributed by atoms with E-state index in [2.05, 4.69) is 20.9 Å². The number of anilines is 1. The highest BCUT2D eigenvalue weighted by molar-refractivity contribution is 9.10. The molecule has 0 aliphatic heterocycles. The normalized spacial score (nSPS) is 14.0. The molecule has 1 N–H and O–H groups in total. The standard InChI is InChI=1S/C16H7BrF12N2OS/c17-7-3-1-6(2-4-7)8-5-33-11(30-8)31-10(32)13(22,23)15(26,27)16(28,29)14(24,25)12(20,21)9(18)19/h1-5,9H,(H,30,31,32). The SMILES string of the molecule is O=C(Nc1nc(-c2ccc(Br)cc2)cs1)C(F)(F)C(F)(F)C(F)(F)C(F)(F)C(F)(F)C(F)F. The highest BCUT2D eigenvalue weighted by Crippen LogP contribution is 2.58. The summed E-state index contributed by atoms with van der Waals surface area (Å²) >= 11 is 3.45. The Morgan fingerprint density at radius 1 is 0.879 bits per heavy atom. The van der Waals surface area contributed by atoms with Crippen LogP contribution in [0.5, 0.6) is 0 Å². The number of hydrogen-bond acceptors (Lipinski definition) is 3. The Bertz CT molecular complexity index is 1010. The van der Waals surface area contributed by atoms with Gasteiger partial charge in [0.2, 0.25) is 0 Å². The number of halogens is 13. The molecule has 1 aromatic carbocycles. The molecule has 0 aliphatic carbocycles. The topological polar surface area (TPSA) is 42.0 Å². The lowest BCUT2D eigenvalue weighted by Gasteiger charge is -2.38. The van der Waals surface area contributed by atoms with Crippen LogP contribution in [0.15, 0.2) is 34.1 Å². The first-order valence-corrected chi connectivity index (χ1v) is 9.68. The first kappa shape index (κ1) is 27.2. The number of nitrogens with zero attached hydrogens (tertiary/aromatic N) is 1. The van der Waals surface area contributed by atoms with Crippen LogP contribution in [0.25, 0.3) is 11.3 Å². The lowest BCUT2D eigenvalue weighted by Crippen LogP contribution is -2.70. The number of carbonyl (C=O) groups is 1. The average molecular weight is 583 g/mol. The molecule has 1 aromatic heterocycles. The molecule has 1 amide bonds. The number of rotatable bonds is 8. The molecular formula is C16H7BrF12N2OS. The third kappa shape index (κ3) is 4.40. The van der Waals surface area contributed by atoms with Crippen LogP contribution < -0.4 is 5.32 Å². The van der Waals surface area contributed by atoms with Gasteiger partial charge in [0, 0.05) is 15.4 Å². The molecule has 0 bridgehead atoms. The monoisotopic (exact) mass is 582 g/mol. The number of amides is 1. The van der Waals surface area contributed by atoms with Crippen molar-refractivity contribution in [1.29, 1.82) is 0 Å². The van der Waals surface area contributed by atoms with Crippen molar-refractivity contribution in [3.8, 4) is 11.3 Å². The number of nitrogens with one attached hydrogen (secondary N) is 1. The minimum atomic E-state index is -7.79. The van der Waals surface area contributed by atoms with Gasteiger partial charge in [-0.1, -0.05) is 28.1 Å². The summed E-state index contributed by atoms with van der Waals surface area (Å²) in [5.74, 6) is -40.2. The van der Waals surface area contributed by atoms with Gasteiger partial charge in [-0.25, -0.2) is 13.8 Å². The Balaban J connectivity index is 2.33. The molecule has 184 valence electrons. The molecule has 0 saturated heterocycles. The maximum Gasteiger partial charge on any atom is 0.393 e. The lowest BCUT2D eigenvalue weighted by molar-refractivity contribution is -0.406. The third-order valence-electron chi connectivity index (χ3n) is 4.03. The molecule has 0 radical (unpaired) electrons. The number of alkyl halides is 12. The molecule has 0 aliphatic rings. The smallest absolute Gasteiger partial charge is 0.296 e. The van der Waals surface area contributed by atoms with E-state index in [4.69, 9.17) is 0 Å². The molecule has 0 saturated carbocycles. The van der Waals surface area contributed by atoms with Gasteiger partial charge >= 0.3 is 41.9 Å². The summed E-state index contributed by atoms with van der Waals surface area (Å²) in [6.07, 6.45) is -5.62. The largest absolute Gasteiger partial charge is 0.393 e. The maximum atomic E-state index is 13.8. The van der Waals surface area contributed by atoms with E-state index >= 15 is 0 Å². The van der Waals surface area contributed by atoms with Crippen molar-refractivity contribution in [2.24, 2.45) is 0 Å². The summed E-state index contributed by atoms with van der Waals surface area (Å²) in [7, 11) is 0. The zero-order chi connectivity index (χ0) is 25.6. The van der Waals surface area contributed by atoms with E-state index in [1.165, 1.54) is 24.3 Å². The van der Waals surface area contributed by atoms with Gasteiger partial charge in [-0.15, -0.1) is 11.3 Å². The first-order valence-electron chi connectivity index (χ1n) is 8.01. The van der Waals surface area contributed by atoms with E-state index in [-0.39, 0.29) is 5.69 Å². The van der Waals surface area contributed by atoms with Gasteiger partial charge in [0.15, 0.2) is 5.13 Å². The maximum absolute atomic E-state index is 13.8. The summed E-state index contributed by atoms with van der Waals surface area (Å²) < 4.78 is 159. The van der Waals surface area contributed by atoms with Gasteiger partial charge in [-0.05, 0) is 12.1 Å². The van der Waals surface area contributed by atoms with Gasteiger partial charge in [-0.2, -0.15) is 43.9 Å². The van der Waals surface area contributed by atoms with Crippen LogP contribution in [0.1, 0.15) is 0 Å². The molecule has 2 aromatic rings. The fourth-order valence-electron chi connectivity index (χ4n) is 2.14. The molecule has 33 heavy (non-hydrogen) atoms. The molecule has 1 heterocycles. The second-order valence-corrected chi connectivity index (χ2v) is 7.99. The van der Waals surface area contributed by atoms with E-state index < -0.39 is 47.1 Å². The Morgan fingerprint density at radius 3 is 1.88 bits per heavy atom. The Kier molecular flexibility index (Phi) is 7.11.